The molecule has 3 heterocycles. The second-order valence-corrected chi connectivity index (χ2v) is 11.7. The Hall–Kier alpha value is -1.15. The first-order chi connectivity index (χ1) is 12.5. The van der Waals surface area contributed by atoms with E-state index in [0.29, 0.717) is 10.8 Å². The third kappa shape index (κ3) is 2.37. The largest absolute Gasteiger partial charge is 0.341 e. The van der Waals surface area contributed by atoms with E-state index < -0.39 is 10.0 Å². The van der Waals surface area contributed by atoms with Gasteiger partial charge in [0.2, 0.25) is 0 Å². The summed E-state index contributed by atoms with van der Waals surface area (Å²) < 4.78 is 32.0. The van der Waals surface area contributed by atoms with Gasteiger partial charge in [0.05, 0.1) is 9.83 Å². The molecule has 2 aliphatic rings. The number of hydrogen-bond acceptors (Lipinski definition) is 3. The molecule has 0 saturated carbocycles. The molecule has 26 heavy (non-hydrogen) atoms. The van der Waals surface area contributed by atoms with Gasteiger partial charge in [-0.05, 0) is 71.9 Å². The molecule has 4 nitrogen and oxygen atoms in total. The molecule has 0 radical (unpaired) electrons. The van der Waals surface area contributed by atoms with Crippen LogP contribution in [0.5, 0.6) is 0 Å². The molecule has 2 aromatic heterocycles. The van der Waals surface area contributed by atoms with Crippen LogP contribution < -0.4 is 0 Å². The van der Waals surface area contributed by atoms with Crippen LogP contribution in [0.2, 0.25) is 0 Å². The number of nitrogens with zero attached hydrogens (tertiary/aromatic N) is 2. The van der Waals surface area contributed by atoms with Crippen molar-refractivity contribution in [1.82, 2.24) is 8.87 Å². The second kappa shape index (κ2) is 5.92. The summed E-state index contributed by atoms with van der Waals surface area (Å²) in [5.41, 5.74) is 5.09. The minimum absolute atomic E-state index is 0.0499. The van der Waals surface area contributed by atoms with Crippen molar-refractivity contribution in [2.45, 2.75) is 43.0 Å². The Bertz CT molecular complexity index is 1130. The lowest BCUT2D eigenvalue weighted by molar-refractivity contribution is 0.243. The zero-order valence-corrected chi connectivity index (χ0v) is 17.6. The monoisotopic (exact) mass is 450 g/mol. The predicted octanol–water partition coefficient (Wildman–Crippen LogP) is 4.86. The van der Waals surface area contributed by atoms with Crippen LogP contribution in [0.3, 0.4) is 0 Å². The van der Waals surface area contributed by atoms with Gasteiger partial charge in [0.25, 0.3) is 10.0 Å². The summed E-state index contributed by atoms with van der Waals surface area (Å²) >= 11 is 4.68. The Morgan fingerprint density at radius 3 is 2.81 bits per heavy atom. The number of hydrogen-bond donors (Lipinski definition) is 0. The van der Waals surface area contributed by atoms with E-state index in [-0.39, 0.29) is 6.04 Å². The maximum absolute atomic E-state index is 13.3. The number of thiophene rings is 1. The van der Waals surface area contributed by atoms with Gasteiger partial charge in [0, 0.05) is 29.7 Å². The van der Waals surface area contributed by atoms with Crippen LogP contribution in [-0.2, 0) is 23.0 Å². The van der Waals surface area contributed by atoms with Crippen LogP contribution in [0.25, 0.3) is 10.9 Å². The highest BCUT2D eigenvalue weighted by atomic mass is 79.9. The fourth-order valence-corrected chi connectivity index (χ4v) is 8.28. The average Bonchev–Trinajstić information content (AvgIpc) is 3.19. The molecule has 5 rings (SSSR count). The Morgan fingerprint density at radius 1 is 1.19 bits per heavy atom. The molecule has 0 spiro atoms. The first kappa shape index (κ1) is 17.0. The van der Waals surface area contributed by atoms with E-state index in [1.165, 1.54) is 39.1 Å². The molecule has 0 bridgehead atoms. The minimum Gasteiger partial charge on any atom is -0.341 e. The standard InChI is InChI=1S/C19H19BrN2O2S2/c1-12-5-6-15-14(11-12)13-3-2-4-16-19(13)21(15)9-10-22(16)26(23,24)18-8-7-17(20)25-18/h5-8,11,16H,2-4,9-10H2,1H3/t16-/m1/s1. The number of aryl methyl sites for hydroxylation is 2. The maximum Gasteiger partial charge on any atom is 0.253 e. The van der Waals surface area contributed by atoms with Crippen LogP contribution in [0.1, 0.15) is 35.7 Å². The molecule has 1 aliphatic carbocycles. The van der Waals surface area contributed by atoms with Gasteiger partial charge in [-0.25, -0.2) is 8.42 Å². The van der Waals surface area contributed by atoms with Gasteiger partial charge in [-0.1, -0.05) is 11.6 Å². The molecule has 0 fully saturated rings. The summed E-state index contributed by atoms with van der Waals surface area (Å²) in [5.74, 6) is 0. The van der Waals surface area contributed by atoms with Crippen LogP contribution in [0.15, 0.2) is 38.3 Å². The number of sulfonamides is 1. The van der Waals surface area contributed by atoms with Crippen LogP contribution in [0, 0.1) is 6.92 Å². The van der Waals surface area contributed by atoms with Crippen molar-refractivity contribution >= 4 is 48.2 Å². The third-order valence-electron chi connectivity index (χ3n) is 5.59. The third-order valence-corrected chi connectivity index (χ3v) is 9.59. The number of rotatable bonds is 2. The second-order valence-electron chi connectivity index (χ2n) is 7.12. The molecule has 0 N–H and O–H groups in total. The van der Waals surface area contributed by atoms with E-state index in [2.05, 4.69) is 45.6 Å². The number of halogens is 1. The lowest BCUT2D eigenvalue weighted by Gasteiger charge is -2.38. The molecule has 1 atom stereocenters. The SMILES string of the molecule is Cc1ccc2c(c1)c1c3n2CCN(S(=O)(=O)c2ccc(Br)s2)[C@@H]3CCC1. The average molecular weight is 451 g/mol. The van der Waals surface area contributed by atoms with Crippen molar-refractivity contribution in [3.8, 4) is 0 Å². The van der Waals surface area contributed by atoms with Crippen LogP contribution in [0.4, 0.5) is 0 Å². The molecular weight excluding hydrogens is 432 g/mol. The van der Waals surface area contributed by atoms with Crippen molar-refractivity contribution in [2.75, 3.05) is 6.54 Å². The molecule has 0 unspecified atom stereocenters. The number of fused-ring (bicyclic) bond motifs is 3. The van der Waals surface area contributed by atoms with Gasteiger partial charge in [0.1, 0.15) is 4.21 Å². The minimum atomic E-state index is -3.47. The van der Waals surface area contributed by atoms with Gasteiger partial charge >= 0.3 is 0 Å². The van der Waals surface area contributed by atoms with Gasteiger partial charge in [-0.3, -0.25) is 0 Å². The summed E-state index contributed by atoms with van der Waals surface area (Å²) in [6.07, 6.45) is 2.97. The lowest BCUT2D eigenvalue weighted by atomic mass is 9.90. The fraction of sp³-hybridized carbons (Fsp3) is 0.368. The Morgan fingerprint density at radius 2 is 2.04 bits per heavy atom. The predicted molar refractivity (Wildman–Crippen MR) is 108 cm³/mol. The zero-order chi connectivity index (χ0) is 18.1. The van der Waals surface area contributed by atoms with E-state index in [1.54, 1.807) is 10.4 Å². The summed E-state index contributed by atoms with van der Waals surface area (Å²) in [5, 5.41) is 1.31. The molecule has 3 aromatic rings. The lowest BCUT2D eigenvalue weighted by Crippen LogP contribution is -2.43. The highest BCUT2D eigenvalue weighted by Crippen LogP contribution is 2.45. The molecule has 136 valence electrons. The van der Waals surface area contributed by atoms with Crippen molar-refractivity contribution in [3.05, 3.63) is 50.9 Å². The molecular formula is C19H19BrN2O2S2. The first-order valence-electron chi connectivity index (χ1n) is 8.85. The van der Waals surface area contributed by atoms with Crippen molar-refractivity contribution in [1.29, 1.82) is 0 Å². The van der Waals surface area contributed by atoms with E-state index in [4.69, 9.17) is 0 Å². The van der Waals surface area contributed by atoms with Gasteiger partial charge in [-0.2, -0.15) is 4.31 Å². The summed E-state index contributed by atoms with van der Waals surface area (Å²) in [6, 6.07) is 10.1. The molecule has 0 amide bonds. The normalized spacial score (nSPS) is 20.5. The highest BCUT2D eigenvalue weighted by molar-refractivity contribution is 9.11. The van der Waals surface area contributed by atoms with E-state index in [1.807, 2.05) is 6.07 Å². The molecule has 0 saturated heterocycles. The van der Waals surface area contributed by atoms with E-state index >= 15 is 0 Å². The van der Waals surface area contributed by atoms with Gasteiger partial charge < -0.3 is 4.57 Å². The Balaban J connectivity index is 1.68. The molecule has 7 heteroatoms. The quantitative estimate of drug-likeness (QED) is 0.559. The van der Waals surface area contributed by atoms with E-state index in [0.717, 1.165) is 29.6 Å². The number of benzene rings is 1. The summed E-state index contributed by atoms with van der Waals surface area (Å²) in [6.45, 7) is 3.37. The Labute approximate surface area is 165 Å². The van der Waals surface area contributed by atoms with Crippen LogP contribution >= 0.6 is 27.3 Å². The molecule has 1 aromatic carbocycles. The summed E-state index contributed by atoms with van der Waals surface area (Å²) in [4.78, 5) is 0. The van der Waals surface area contributed by atoms with Crippen molar-refractivity contribution < 1.29 is 8.42 Å². The van der Waals surface area contributed by atoms with E-state index in [9.17, 15) is 8.42 Å². The first-order valence-corrected chi connectivity index (χ1v) is 11.9. The van der Waals surface area contributed by atoms with Crippen molar-refractivity contribution in [2.24, 2.45) is 0 Å². The Kier molecular flexibility index (Phi) is 3.87. The number of aromatic nitrogens is 1. The van der Waals surface area contributed by atoms with Gasteiger partial charge in [0.15, 0.2) is 0 Å². The molecule has 1 aliphatic heterocycles. The van der Waals surface area contributed by atoms with Crippen molar-refractivity contribution in [3.63, 3.8) is 0 Å². The maximum atomic E-state index is 13.3. The fourth-order valence-electron chi connectivity index (χ4n) is 4.53. The highest BCUT2D eigenvalue weighted by Gasteiger charge is 2.41. The zero-order valence-electron chi connectivity index (χ0n) is 14.4. The summed E-state index contributed by atoms with van der Waals surface area (Å²) in [7, 11) is -3.47. The smallest absolute Gasteiger partial charge is 0.253 e. The van der Waals surface area contributed by atoms with Crippen LogP contribution in [-0.4, -0.2) is 23.8 Å². The van der Waals surface area contributed by atoms with Gasteiger partial charge in [-0.15, -0.1) is 11.3 Å². The topological polar surface area (TPSA) is 42.3 Å².